The van der Waals surface area contributed by atoms with Crippen LogP contribution in [0.2, 0.25) is 0 Å². The number of imidazole rings is 2. The third-order valence-corrected chi connectivity index (χ3v) is 2.49. The lowest BCUT2D eigenvalue weighted by Crippen LogP contribution is -2.23. The molecule has 0 aliphatic heterocycles. The predicted molar refractivity (Wildman–Crippen MR) is 67.2 cm³/mol. The van der Waals surface area contributed by atoms with Crippen molar-refractivity contribution in [2.24, 2.45) is 14.1 Å². The molecule has 2 heterocycles. The van der Waals surface area contributed by atoms with Gasteiger partial charge in [0.05, 0.1) is 27.2 Å². The van der Waals surface area contributed by atoms with E-state index >= 15 is 0 Å². The van der Waals surface area contributed by atoms with Crippen molar-refractivity contribution in [2.45, 2.75) is 33.4 Å². The van der Waals surface area contributed by atoms with E-state index in [1.165, 1.54) is 6.42 Å². The van der Waals surface area contributed by atoms with Gasteiger partial charge in [-0.05, 0) is 13.3 Å². The van der Waals surface area contributed by atoms with E-state index in [0.29, 0.717) is 0 Å². The standard InChI is InChI=1S/C7H13N2.C6H11N2/c1-3-4-9-6-5-8(2)7-9;1-3-8-5-4-7(2)6-8/h5-7H,3-4H2,1-2H3;4-6H,3H2,1-2H3/q2*+1. The largest absolute Gasteiger partial charge is 0.243 e. The van der Waals surface area contributed by atoms with Crippen LogP contribution in [-0.4, -0.2) is 9.13 Å². The number of nitrogens with zero attached hydrogens (tertiary/aromatic N) is 4. The Hall–Kier alpha value is -1.58. The van der Waals surface area contributed by atoms with Gasteiger partial charge in [0.2, 0.25) is 12.7 Å². The third kappa shape index (κ3) is 4.85. The van der Waals surface area contributed by atoms with E-state index in [1.54, 1.807) is 0 Å². The molecular formula is C13H24N4+2. The highest BCUT2D eigenvalue weighted by Crippen LogP contribution is 1.85. The summed E-state index contributed by atoms with van der Waals surface area (Å²) in [6.45, 7) is 6.49. The second kappa shape index (κ2) is 6.89. The van der Waals surface area contributed by atoms with Crippen LogP contribution in [0.4, 0.5) is 0 Å². The molecule has 2 rings (SSSR count). The summed E-state index contributed by atoms with van der Waals surface area (Å²) in [5.74, 6) is 0. The first-order valence-corrected chi connectivity index (χ1v) is 6.17. The number of hydrogen-bond acceptors (Lipinski definition) is 0. The summed E-state index contributed by atoms with van der Waals surface area (Å²) < 4.78 is 8.39. The lowest BCUT2D eigenvalue weighted by atomic mass is 10.5. The number of rotatable bonds is 3. The lowest BCUT2D eigenvalue weighted by Gasteiger charge is -1.86. The summed E-state index contributed by atoms with van der Waals surface area (Å²) in [6, 6.07) is 0. The van der Waals surface area contributed by atoms with Gasteiger partial charge in [0, 0.05) is 0 Å². The predicted octanol–water partition coefficient (Wildman–Crippen LogP) is 1.06. The molecule has 2 aromatic rings. The summed E-state index contributed by atoms with van der Waals surface area (Å²) in [4.78, 5) is 0. The molecule has 0 bridgehead atoms. The maximum atomic E-state index is 2.18. The highest BCUT2D eigenvalue weighted by Gasteiger charge is 1.95. The quantitative estimate of drug-likeness (QED) is 0.709. The molecule has 0 fully saturated rings. The molecule has 0 saturated heterocycles. The number of hydrogen-bond donors (Lipinski definition) is 0. The summed E-state index contributed by atoms with van der Waals surface area (Å²) >= 11 is 0. The van der Waals surface area contributed by atoms with Crippen LogP contribution in [0.1, 0.15) is 20.3 Å². The van der Waals surface area contributed by atoms with Crippen LogP contribution in [0.5, 0.6) is 0 Å². The van der Waals surface area contributed by atoms with Crippen molar-refractivity contribution >= 4 is 0 Å². The fraction of sp³-hybridized carbons (Fsp3) is 0.538. The van der Waals surface area contributed by atoms with Crippen molar-refractivity contribution in [3.8, 4) is 0 Å². The zero-order chi connectivity index (χ0) is 12.7. The molecule has 17 heavy (non-hydrogen) atoms. The normalized spacial score (nSPS) is 9.88. The Bertz CT molecular complexity index is 428. The summed E-state index contributed by atoms with van der Waals surface area (Å²) in [7, 11) is 4.05. The first-order chi connectivity index (χ1) is 8.15. The zero-order valence-electron chi connectivity index (χ0n) is 11.4. The zero-order valence-corrected chi connectivity index (χ0v) is 11.4. The Labute approximate surface area is 104 Å². The Morgan fingerprint density at radius 1 is 0.882 bits per heavy atom. The first-order valence-electron chi connectivity index (χ1n) is 6.17. The van der Waals surface area contributed by atoms with E-state index in [4.69, 9.17) is 0 Å². The van der Waals surface area contributed by atoms with Gasteiger partial charge in [0.25, 0.3) is 0 Å². The van der Waals surface area contributed by atoms with Gasteiger partial charge < -0.3 is 0 Å². The Kier molecular flexibility index (Phi) is 5.46. The molecule has 0 radical (unpaired) electrons. The van der Waals surface area contributed by atoms with Crippen molar-refractivity contribution in [1.82, 2.24) is 9.13 Å². The number of aromatic nitrogens is 4. The molecule has 0 aliphatic rings. The van der Waals surface area contributed by atoms with Crippen LogP contribution >= 0.6 is 0 Å². The van der Waals surface area contributed by atoms with E-state index < -0.39 is 0 Å². The maximum absolute atomic E-state index is 2.18. The van der Waals surface area contributed by atoms with Gasteiger partial charge in [-0.1, -0.05) is 6.92 Å². The van der Waals surface area contributed by atoms with Gasteiger partial charge in [-0.15, -0.1) is 0 Å². The second-order valence-corrected chi connectivity index (χ2v) is 4.23. The van der Waals surface area contributed by atoms with Gasteiger partial charge >= 0.3 is 0 Å². The third-order valence-electron chi connectivity index (χ3n) is 2.49. The summed E-state index contributed by atoms with van der Waals surface area (Å²) in [6.07, 6.45) is 13.6. The molecule has 0 saturated carbocycles. The number of aryl methyl sites for hydroxylation is 4. The van der Waals surface area contributed by atoms with E-state index in [0.717, 1.165) is 13.1 Å². The second-order valence-electron chi connectivity index (χ2n) is 4.23. The molecule has 0 atom stereocenters. The Morgan fingerprint density at radius 3 is 1.71 bits per heavy atom. The van der Waals surface area contributed by atoms with Crippen molar-refractivity contribution in [3.63, 3.8) is 0 Å². The SMILES string of the molecule is CCCn1cc[n+](C)c1.CCn1cc[n+](C)c1. The lowest BCUT2D eigenvalue weighted by molar-refractivity contribution is -0.671. The molecule has 0 unspecified atom stereocenters. The monoisotopic (exact) mass is 236 g/mol. The van der Waals surface area contributed by atoms with E-state index in [9.17, 15) is 0 Å². The van der Waals surface area contributed by atoms with Crippen LogP contribution in [0.25, 0.3) is 0 Å². The van der Waals surface area contributed by atoms with Crippen molar-refractivity contribution in [1.29, 1.82) is 0 Å². The molecule has 4 heteroatoms. The molecule has 4 nitrogen and oxygen atoms in total. The molecule has 2 aromatic heterocycles. The van der Waals surface area contributed by atoms with Crippen molar-refractivity contribution < 1.29 is 9.13 Å². The highest BCUT2D eigenvalue weighted by molar-refractivity contribution is 4.64. The molecule has 0 aromatic carbocycles. The van der Waals surface area contributed by atoms with Crippen molar-refractivity contribution in [3.05, 3.63) is 37.4 Å². The Balaban J connectivity index is 0.000000171. The molecular weight excluding hydrogens is 212 g/mol. The van der Waals surface area contributed by atoms with Crippen LogP contribution in [0, 0.1) is 0 Å². The molecule has 94 valence electrons. The Morgan fingerprint density at radius 2 is 1.41 bits per heavy atom. The van der Waals surface area contributed by atoms with Gasteiger partial charge in [-0.3, -0.25) is 0 Å². The van der Waals surface area contributed by atoms with Crippen molar-refractivity contribution in [2.75, 3.05) is 0 Å². The van der Waals surface area contributed by atoms with Crippen LogP contribution < -0.4 is 9.13 Å². The van der Waals surface area contributed by atoms with Crippen LogP contribution in [0.15, 0.2) is 37.4 Å². The summed E-state index contributed by atoms with van der Waals surface area (Å²) in [5.41, 5.74) is 0. The average Bonchev–Trinajstić information content (AvgIpc) is 2.89. The maximum Gasteiger partial charge on any atom is 0.243 e. The van der Waals surface area contributed by atoms with Gasteiger partial charge in [0.15, 0.2) is 0 Å². The minimum Gasteiger partial charge on any atom is -0.240 e. The van der Waals surface area contributed by atoms with Crippen LogP contribution in [0.3, 0.4) is 0 Å². The molecule has 0 aliphatic carbocycles. The van der Waals surface area contributed by atoms with E-state index in [1.807, 2.05) is 24.9 Å². The smallest absolute Gasteiger partial charge is 0.240 e. The van der Waals surface area contributed by atoms with E-state index in [-0.39, 0.29) is 0 Å². The van der Waals surface area contributed by atoms with Crippen LogP contribution in [-0.2, 0) is 27.2 Å². The van der Waals surface area contributed by atoms with E-state index in [2.05, 4.69) is 58.8 Å². The summed E-state index contributed by atoms with van der Waals surface area (Å²) in [5, 5.41) is 0. The van der Waals surface area contributed by atoms with Gasteiger partial charge in [0.1, 0.15) is 24.8 Å². The highest BCUT2D eigenvalue weighted by atomic mass is 15.1. The van der Waals surface area contributed by atoms with Gasteiger partial charge in [-0.25, -0.2) is 18.3 Å². The topological polar surface area (TPSA) is 17.6 Å². The fourth-order valence-corrected chi connectivity index (χ4v) is 1.58. The average molecular weight is 236 g/mol. The minimum atomic E-state index is 1.06. The molecule has 0 amide bonds. The molecule has 0 N–H and O–H groups in total. The first kappa shape index (κ1) is 13.5. The molecule has 0 spiro atoms. The minimum absolute atomic E-state index is 1.06. The van der Waals surface area contributed by atoms with Gasteiger partial charge in [-0.2, -0.15) is 0 Å². The fourth-order valence-electron chi connectivity index (χ4n) is 1.58.